The van der Waals surface area contributed by atoms with Gasteiger partial charge in [-0.2, -0.15) is 0 Å². The van der Waals surface area contributed by atoms with Crippen LogP contribution in [-0.4, -0.2) is 40.6 Å². The number of aromatic nitrogens is 2. The molecular weight excluding hydrogens is 450 g/mol. The summed E-state index contributed by atoms with van der Waals surface area (Å²) in [4.78, 5) is 34.1. The largest absolute Gasteiger partial charge is 0.467 e. The number of nitrogens with one attached hydrogen (secondary N) is 1. The quantitative estimate of drug-likeness (QED) is 0.278. The predicted octanol–water partition coefficient (Wildman–Crippen LogP) is 4.57. The number of ether oxygens (including phenoxy) is 1. The van der Waals surface area contributed by atoms with Crippen LogP contribution < -0.4 is 10.2 Å². The van der Waals surface area contributed by atoms with Gasteiger partial charge in [-0.05, 0) is 80.8 Å². The van der Waals surface area contributed by atoms with E-state index in [0.29, 0.717) is 12.3 Å². The van der Waals surface area contributed by atoms with Crippen molar-refractivity contribution in [3.05, 3.63) is 40.6 Å². The fourth-order valence-electron chi connectivity index (χ4n) is 6.99. The van der Waals surface area contributed by atoms with Gasteiger partial charge in [0.05, 0.1) is 30.8 Å². The zero-order valence-corrected chi connectivity index (χ0v) is 20.1. The summed E-state index contributed by atoms with van der Waals surface area (Å²) in [6, 6.07) is 3.54. The first kappa shape index (κ1) is 23.6. The maximum absolute atomic E-state index is 12.3. The average Bonchev–Trinajstić information content (AvgIpc) is 3.33. The third kappa shape index (κ3) is 5.11. The standard InChI is InChI=1S/C25H33N5O5/c1-2-34-21(31)5-6-29(14-20-4-3-7-35-20)24-22(30(32)33)23(27-16-28-24)26-15-25-11-17-8-18(12-25)10-19(9-17)13-25/h3-4,7,16-19H,2,5-6,8-15H2,1H3,(H,26,27,28). The molecule has 2 aromatic heterocycles. The molecule has 4 fully saturated rings. The molecular formula is C25H33N5O5. The molecule has 0 radical (unpaired) electrons. The van der Waals surface area contributed by atoms with Crippen LogP contribution in [0.5, 0.6) is 0 Å². The number of nitro groups is 1. The third-order valence-corrected chi connectivity index (χ3v) is 7.90. The number of esters is 1. The monoisotopic (exact) mass is 483 g/mol. The highest BCUT2D eigenvalue weighted by atomic mass is 16.6. The Morgan fingerprint density at radius 3 is 2.57 bits per heavy atom. The van der Waals surface area contributed by atoms with E-state index in [1.807, 2.05) is 0 Å². The third-order valence-electron chi connectivity index (χ3n) is 7.90. The molecule has 4 aliphatic carbocycles. The first-order valence-corrected chi connectivity index (χ1v) is 12.6. The number of hydrogen-bond donors (Lipinski definition) is 1. The molecule has 0 aliphatic heterocycles. The second kappa shape index (κ2) is 9.83. The van der Waals surface area contributed by atoms with Crippen molar-refractivity contribution in [2.75, 3.05) is 29.9 Å². The van der Waals surface area contributed by atoms with Crippen LogP contribution in [0.25, 0.3) is 0 Å². The van der Waals surface area contributed by atoms with Gasteiger partial charge in [0.2, 0.25) is 11.6 Å². The lowest BCUT2D eigenvalue weighted by atomic mass is 9.49. The van der Waals surface area contributed by atoms with E-state index >= 15 is 0 Å². The van der Waals surface area contributed by atoms with E-state index in [9.17, 15) is 14.9 Å². The minimum Gasteiger partial charge on any atom is -0.467 e. The van der Waals surface area contributed by atoms with Crippen molar-refractivity contribution in [2.24, 2.45) is 23.2 Å². The maximum Gasteiger partial charge on any atom is 0.353 e. The van der Waals surface area contributed by atoms with Crippen molar-refractivity contribution in [3.63, 3.8) is 0 Å². The van der Waals surface area contributed by atoms with Gasteiger partial charge >= 0.3 is 11.7 Å². The molecule has 0 saturated heterocycles. The van der Waals surface area contributed by atoms with E-state index in [-0.39, 0.29) is 54.8 Å². The normalized spacial score (nSPS) is 26.5. The van der Waals surface area contributed by atoms with Gasteiger partial charge in [-0.3, -0.25) is 14.9 Å². The zero-order chi connectivity index (χ0) is 24.4. The molecule has 0 amide bonds. The molecule has 4 aliphatic rings. The van der Waals surface area contributed by atoms with Crippen LogP contribution in [0, 0.1) is 33.3 Å². The molecule has 2 heterocycles. The molecule has 10 heteroatoms. The lowest BCUT2D eigenvalue weighted by Crippen LogP contribution is -2.49. The van der Waals surface area contributed by atoms with Crippen LogP contribution >= 0.6 is 0 Å². The van der Waals surface area contributed by atoms with Crippen molar-refractivity contribution >= 4 is 23.3 Å². The first-order chi connectivity index (χ1) is 16.9. The number of hydrogen-bond acceptors (Lipinski definition) is 9. The summed E-state index contributed by atoms with van der Waals surface area (Å²) in [5, 5.41) is 15.6. The molecule has 0 unspecified atom stereocenters. The number of anilines is 2. The van der Waals surface area contributed by atoms with Crippen molar-refractivity contribution in [2.45, 2.75) is 58.4 Å². The molecule has 188 valence electrons. The second-order valence-electron chi connectivity index (χ2n) is 10.5. The number of carbonyl (C=O) groups excluding carboxylic acids is 1. The van der Waals surface area contributed by atoms with Crippen LogP contribution in [0.4, 0.5) is 17.3 Å². The summed E-state index contributed by atoms with van der Waals surface area (Å²) in [6.45, 7) is 3.15. The van der Waals surface area contributed by atoms with Crippen LogP contribution in [0.15, 0.2) is 29.1 Å². The number of furan rings is 1. The van der Waals surface area contributed by atoms with Gasteiger partial charge in [0.25, 0.3) is 0 Å². The highest BCUT2D eigenvalue weighted by Gasteiger charge is 2.50. The molecule has 35 heavy (non-hydrogen) atoms. The molecule has 1 N–H and O–H groups in total. The lowest BCUT2D eigenvalue weighted by Gasteiger charge is -2.56. The van der Waals surface area contributed by atoms with E-state index in [1.165, 1.54) is 44.9 Å². The lowest BCUT2D eigenvalue weighted by molar-refractivity contribution is -0.383. The smallest absolute Gasteiger partial charge is 0.353 e. The number of rotatable bonds is 11. The number of carbonyl (C=O) groups is 1. The van der Waals surface area contributed by atoms with Crippen molar-refractivity contribution in [3.8, 4) is 0 Å². The van der Waals surface area contributed by atoms with Gasteiger partial charge in [-0.1, -0.05) is 0 Å². The Kier molecular flexibility index (Phi) is 6.62. The Balaban J connectivity index is 1.38. The zero-order valence-electron chi connectivity index (χ0n) is 20.1. The predicted molar refractivity (Wildman–Crippen MR) is 129 cm³/mol. The van der Waals surface area contributed by atoms with E-state index in [4.69, 9.17) is 9.15 Å². The molecule has 6 rings (SSSR count). The fraction of sp³-hybridized carbons (Fsp3) is 0.640. The average molecular weight is 484 g/mol. The van der Waals surface area contributed by atoms with Gasteiger partial charge in [0.15, 0.2) is 0 Å². The maximum atomic E-state index is 12.3. The molecule has 0 atom stereocenters. The summed E-state index contributed by atoms with van der Waals surface area (Å²) in [5.41, 5.74) is 0.0264. The van der Waals surface area contributed by atoms with E-state index < -0.39 is 4.92 Å². The molecule has 4 bridgehead atoms. The first-order valence-electron chi connectivity index (χ1n) is 12.6. The van der Waals surface area contributed by atoms with Crippen molar-refractivity contribution < 1.29 is 18.9 Å². The minimum atomic E-state index is -0.434. The number of nitrogens with zero attached hydrogens (tertiary/aromatic N) is 4. The van der Waals surface area contributed by atoms with Crippen molar-refractivity contribution in [1.82, 2.24) is 9.97 Å². The SMILES string of the molecule is CCOC(=O)CCN(Cc1ccco1)c1ncnc(NCC23CC4CC(CC(C4)C2)C3)c1[N+](=O)[O-]. The summed E-state index contributed by atoms with van der Waals surface area (Å²) < 4.78 is 10.5. The minimum absolute atomic E-state index is 0.0751. The Morgan fingerprint density at radius 2 is 1.97 bits per heavy atom. The Hall–Kier alpha value is -3.17. The van der Waals surface area contributed by atoms with Crippen molar-refractivity contribution in [1.29, 1.82) is 0 Å². The van der Waals surface area contributed by atoms with E-state index in [0.717, 1.165) is 17.8 Å². The molecule has 10 nitrogen and oxygen atoms in total. The summed E-state index contributed by atoms with van der Waals surface area (Å²) >= 11 is 0. The molecule has 0 aromatic carbocycles. The molecule has 2 aromatic rings. The van der Waals surface area contributed by atoms with E-state index in [1.54, 1.807) is 30.2 Å². The van der Waals surface area contributed by atoms with Gasteiger partial charge < -0.3 is 19.4 Å². The van der Waals surface area contributed by atoms with Crippen LogP contribution in [0.1, 0.15) is 57.6 Å². The van der Waals surface area contributed by atoms with Gasteiger partial charge in [0.1, 0.15) is 12.1 Å². The van der Waals surface area contributed by atoms with Crippen LogP contribution in [0.2, 0.25) is 0 Å². The Labute approximate surface area is 204 Å². The molecule has 4 saturated carbocycles. The van der Waals surface area contributed by atoms with E-state index in [2.05, 4.69) is 15.3 Å². The summed E-state index contributed by atoms with van der Waals surface area (Å²) in [5.74, 6) is 3.04. The fourth-order valence-corrected chi connectivity index (χ4v) is 6.99. The highest BCUT2D eigenvalue weighted by molar-refractivity contribution is 5.73. The summed E-state index contributed by atoms with van der Waals surface area (Å²) in [6.07, 6.45) is 10.6. The van der Waals surface area contributed by atoms with Gasteiger partial charge in [-0.15, -0.1) is 0 Å². The summed E-state index contributed by atoms with van der Waals surface area (Å²) in [7, 11) is 0. The highest BCUT2D eigenvalue weighted by Crippen LogP contribution is 2.60. The van der Waals surface area contributed by atoms with Crippen LogP contribution in [0.3, 0.4) is 0 Å². The second-order valence-corrected chi connectivity index (χ2v) is 10.5. The topological polar surface area (TPSA) is 124 Å². The van der Waals surface area contributed by atoms with Gasteiger partial charge in [0, 0.05) is 13.1 Å². The van der Waals surface area contributed by atoms with Crippen LogP contribution in [-0.2, 0) is 16.1 Å². The van der Waals surface area contributed by atoms with Gasteiger partial charge in [-0.25, -0.2) is 9.97 Å². The Bertz CT molecular complexity index is 1020. The Morgan fingerprint density at radius 1 is 1.26 bits per heavy atom. The molecule has 0 spiro atoms.